The molecule has 5 heteroatoms. The van der Waals surface area contributed by atoms with Crippen LogP contribution in [0.5, 0.6) is 0 Å². The maximum atomic E-state index is 5.47. The summed E-state index contributed by atoms with van der Waals surface area (Å²) in [6, 6.07) is 4.60. The second-order valence-electron chi connectivity index (χ2n) is 5.54. The molecule has 108 valence electrons. The summed E-state index contributed by atoms with van der Waals surface area (Å²) >= 11 is 0. The van der Waals surface area contributed by atoms with Crippen LogP contribution in [0.1, 0.15) is 24.4 Å². The van der Waals surface area contributed by atoms with Crippen molar-refractivity contribution in [2.45, 2.75) is 25.8 Å². The molecule has 1 aliphatic heterocycles. The van der Waals surface area contributed by atoms with Gasteiger partial charge < -0.3 is 9.30 Å². The highest BCUT2D eigenvalue weighted by atomic mass is 16.5. The van der Waals surface area contributed by atoms with Gasteiger partial charge in [-0.2, -0.15) is 5.10 Å². The van der Waals surface area contributed by atoms with E-state index in [1.165, 1.54) is 5.56 Å². The van der Waals surface area contributed by atoms with Crippen molar-refractivity contribution in [3.05, 3.63) is 42.5 Å². The fourth-order valence-corrected chi connectivity index (χ4v) is 3.16. The van der Waals surface area contributed by atoms with E-state index in [0.29, 0.717) is 6.04 Å². The SMILES string of the molecule is Cc1cccn2ncc(-c3nccn3C3CCOCC3)c12. The standard InChI is InChI=1S/C16H18N4O/c1-12-3-2-7-20-15(12)14(11-18-20)16-17-6-8-19(16)13-4-9-21-10-5-13/h2-3,6-8,11,13H,4-5,9-10H2,1H3. The molecule has 0 spiro atoms. The first kappa shape index (κ1) is 12.6. The Bertz CT molecular complexity index is 768. The fraction of sp³-hybridized carbons (Fsp3) is 0.375. The quantitative estimate of drug-likeness (QED) is 0.726. The Balaban J connectivity index is 1.84. The summed E-state index contributed by atoms with van der Waals surface area (Å²) in [6.45, 7) is 3.77. The molecule has 0 atom stereocenters. The molecule has 3 aromatic heterocycles. The summed E-state index contributed by atoms with van der Waals surface area (Å²) in [5, 5.41) is 4.46. The zero-order valence-electron chi connectivity index (χ0n) is 12.1. The van der Waals surface area contributed by atoms with Crippen LogP contribution in [0.2, 0.25) is 0 Å². The van der Waals surface area contributed by atoms with Gasteiger partial charge in [-0.3, -0.25) is 0 Å². The maximum Gasteiger partial charge on any atom is 0.143 e. The van der Waals surface area contributed by atoms with E-state index in [1.807, 2.05) is 29.2 Å². The van der Waals surface area contributed by atoms with Crippen LogP contribution in [0.15, 0.2) is 36.9 Å². The third-order valence-electron chi connectivity index (χ3n) is 4.24. The van der Waals surface area contributed by atoms with Gasteiger partial charge in [-0.1, -0.05) is 6.07 Å². The zero-order valence-corrected chi connectivity index (χ0v) is 12.1. The van der Waals surface area contributed by atoms with Crippen LogP contribution in [-0.4, -0.2) is 32.4 Å². The molecule has 3 aromatic rings. The van der Waals surface area contributed by atoms with Gasteiger partial charge in [0.15, 0.2) is 0 Å². The monoisotopic (exact) mass is 282 g/mol. The first-order valence-corrected chi connectivity index (χ1v) is 7.38. The summed E-state index contributed by atoms with van der Waals surface area (Å²) in [4.78, 5) is 4.59. The van der Waals surface area contributed by atoms with Gasteiger partial charge in [-0.15, -0.1) is 0 Å². The maximum absolute atomic E-state index is 5.47. The molecular formula is C16H18N4O. The number of imidazole rings is 1. The van der Waals surface area contributed by atoms with E-state index in [4.69, 9.17) is 4.74 Å². The zero-order chi connectivity index (χ0) is 14.2. The molecular weight excluding hydrogens is 264 g/mol. The topological polar surface area (TPSA) is 44.4 Å². The molecule has 0 aliphatic carbocycles. The van der Waals surface area contributed by atoms with Crippen LogP contribution in [0.25, 0.3) is 16.9 Å². The first-order valence-electron chi connectivity index (χ1n) is 7.38. The molecule has 1 saturated heterocycles. The first-order chi connectivity index (χ1) is 10.3. The Hall–Kier alpha value is -2.14. The molecule has 0 unspecified atom stereocenters. The van der Waals surface area contributed by atoms with E-state index in [0.717, 1.165) is 43.0 Å². The summed E-state index contributed by atoms with van der Waals surface area (Å²) < 4.78 is 9.68. The largest absolute Gasteiger partial charge is 0.381 e. The van der Waals surface area contributed by atoms with Crippen LogP contribution in [-0.2, 0) is 4.74 Å². The minimum Gasteiger partial charge on any atom is -0.381 e. The molecule has 0 aromatic carbocycles. The summed E-state index contributed by atoms with van der Waals surface area (Å²) in [7, 11) is 0. The van der Waals surface area contributed by atoms with E-state index in [9.17, 15) is 0 Å². The lowest BCUT2D eigenvalue weighted by Crippen LogP contribution is -2.19. The molecule has 0 N–H and O–H groups in total. The molecule has 1 aliphatic rings. The lowest BCUT2D eigenvalue weighted by atomic mass is 10.1. The lowest BCUT2D eigenvalue weighted by Gasteiger charge is -2.24. The summed E-state index contributed by atoms with van der Waals surface area (Å²) in [5.41, 5.74) is 3.45. The summed E-state index contributed by atoms with van der Waals surface area (Å²) in [5.74, 6) is 1.01. The molecule has 4 rings (SSSR count). The van der Waals surface area contributed by atoms with Gasteiger partial charge in [0.2, 0.25) is 0 Å². The predicted molar refractivity (Wildman–Crippen MR) is 80.2 cm³/mol. The normalized spacial score (nSPS) is 16.6. The van der Waals surface area contributed by atoms with E-state index >= 15 is 0 Å². The average molecular weight is 282 g/mol. The molecule has 5 nitrogen and oxygen atoms in total. The highest BCUT2D eigenvalue weighted by Gasteiger charge is 2.21. The van der Waals surface area contributed by atoms with E-state index < -0.39 is 0 Å². The van der Waals surface area contributed by atoms with Gasteiger partial charge >= 0.3 is 0 Å². The van der Waals surface area contributed by atoms with E-state index in [1.54, 1.807) is 0 Å². The lowest BCUT2D eigenvalue weighted by molar-refractivity contribution is 0.0700. The van der Waals surface area contributed by atoms with Crippen molar-refractivity contribution >= 4 is 5.52 Å². The molecule has 1 fully saturated rings. The highest BCUT2D eigenvalue weighted by Crippen LogP contribution is 2.30. The van der Waals surface area contributed by atoms with Gasteiger partial charge in [-0.05, 0) is 31.4 Å². The van der Waals surface area contributed by atoms with Crippen molar-refractivity contribution in [1.82, 2.24) is 19.2 Å². The van der Waals surface area contributed by atoms with Crippen LogP contribution in [0.4, 0.5) is 0 Å². The Labute approximate surface area is 123 Å². The molecule has 0 radical (unpaired) electrons. The number of ether oxygens (including phenoxy) is 1. The number of aromatic nitrogens is 4. The van der Waals surface area contributed by atoms with Crippen molar-refractivity contribution in [1.29, 1.82) is 0 Å². The number of hydrogen-bond acceptors (Lipinski definition) is 3. The van der Waals surface area contributed by atoms with Crippen molar-refractivity contribution < 1.29 is 4.74 Å². The molecule has 4 heterocycles. The second kappa shape index (κ2) is 5.00. The second-order valence-corrected chi connectivity index (χ2v) is 5.54. The van der Waals surface area contributed by atoms with Gasteiger partial charge in [0, 0.05) is 37.8 Å². The summed E-state index contributed by atoms with van der Waals surface area (Å²) in [6.07, 6.45) is 9.94. The van der Waals surface area contributed by atoms with Crippen molar-refractivity contribution in [2.24, 2.45) is 0 Å². The third-order valence-corrected chi connectivity index (χ3v) is 4.24. The van der Waals surface area contributed by atoms with Gasteiger partial charge in [0.1, 0.15) is 5.82 Å². The van der Waals surface area contributed by atoms with Crippen molar-refractivity contribution in [2.75, 3.05) is 13.2 Å². The molecule has 0 amide bonds. The predicted octanol–water partition coefficient (Wildman–Crippen LogP) is 2.86. The van der Waals surface area contributed by atoms with E-state index in [2.05, 4.69) is 33.8 Å². The van der Waals surface area contributed by atoms with Crippen LogP contribution >= 0.6 is 0 Å². The Morgan fingerprint density at radius 2 is 2.10 bits per heavy atom. The molecule has 0 saturated carbocycles. The number of nitrogens with zero attached hydrogens (tertiary/aromatic N) is 4. The Morgan fingerprint density at radius 1 is 1.24 bits per heavy atom. The van der Waals surface area contributed by atoms with Crippen LogP contribution in [0, 0.1) is 6.92 Å². The number of rotatable bonds is 2. The number of pyridine rings is 1. The highest BCUT2D eigenvalue weighted by molar-refractivity contribution is 5.78. The smallest absolute Gasteiger partial charge is 0.143 e. The molecule has 0 bridgehead atoms. The number of hydrogen-bond donors (Lipinski definition) is 0. The number of fused-ring (bicyclic) bond motifs is 1. The minimum absolute atomic E-state index is 0.468. The minimum atomic E-state index is 0.468. The molecule has 21 heavy (non-hydrogen) atoms. The van der Waals surface area contributed by atoms with Crippen molar-refractivity contribution in [3.63, 3.8) is 0 Å². The van der Waals surface area contributed by atoms with Gasteiger partial charge in [-0.25, -0.2) is 9.50 Å². The van der Waals surface area contributed by atoms with E-state index in [-0.39, 0.29) is 0 Å². The average Bonchev–Trinajstić information content (AvgIpc) is 3.15. The number of aryl methyl sites for hydroxylation is 1. The van der Waals surface area contributed by atoms with Crippen molar-refractivity contribution in [3.8, 4) is 11.4 Å². The fourth-order valence-electron chi connectivity index (χ4n) is 3.16. The Kier molecular flexibility index (Phi) is 3.00. The van der Waals surface area contributed by atoms with Crippen LogP contribution in [0.3, 0.4) is 0 Å². The third kappa shape index (κ3) is 2.05. The van der Waals surface area contributed by atoms with Gasteiger partial charge in [0.05, 0.1) is 17.3 Å². The van der Waals surface area contributed by atoms with Crippen LogP contribution < -0.4 is 0 Å². The van der Waals surface area contributed by atoms with Gasteiger partial charge in [0.25, 0.3) is 0 Å². The Morgan fingerprint density at radius 3 is 2.95 bits per heavy atom.